The summed E-state index contributed by atoms with van der Waals surface area (Å²) in [5.41, 5.74) is -3.08. The van der Waals surface area contributed by atoms with E-state index in [9.17, 15) is 18.0 Å². The second kappa shape index (κ2) is 3.09. The molecule has 0 aromatic carbocycles. The molecule has 0 unspecified atom stereocenters. The summed E-state index contributed by atoms with van der Waals surface area (Å²) >= 11 is 0. The van der Waals surface area contributed by atoms with Crippen LogP contribution in [0, 0.1) is 0 Å². The van der Waals surface area contributed by atoms with E-state index in [0.29, 0.717) is 0 Å². The van der Waals surface area contributed by atoms with Crippen molar-refractivity contribution in [1.29, 1.82) is 0 Å². The van der Waals surface area contributed by atoms with Crippen LogP contribution in [0.1, 0.15) is 6.42 Å². The number of alkyl halides is 3. The van der Waals surface area contributed by atoms with Gasteiger partial charge in [-0.05, 0) is 14.1 Å². The van der Waals surface area contributed by atoms with E-state index in [0.717, 1.165) is 0 Å². The fraction of sp³-hybridized carbons (Fsp3) is 0.857. The lowest BCUT2D eigenvalue weighted by molar-refractivity contribution is -0.266. The Morgan fingerprint density at radius 1 is 1.57 bits per heavy atom. The molecule has 0 aliphatic carbocycles. The first-order valence-electron chi connectivity index (χ1n) is 3.95. The molecule has 1 saturated heterocycles. The normalized spacial score (nSPS) is 33.6. The van der Waals surface area contributed by atoms with Crippen LogP contribution in [0.4, 0.5) is 13.2 Å². The number of carbonyl (C=O) groups is 1. The van der Waals surface area contributed by atoms with Crippen LogP contribution in [0.15, 0.2) is 0 Å². The molecule has 1 rings (SSSR count). The van der Waals surface area contributed by atoms with Gasteiger partial charge in [-0.15, -0.1) is 0 Å². The molecule has 1 heterocycles. The number of rotatable bonds is 1. The first-order chi connectivity index (χ1) is 6.17. The maximum Gasteiger partial charge on any atom is 0.436 e. The van der Waals surface area contributed by atoms with Crippen LogP contribution in [0.25, 0.3) is 0 Å². The van der Waals surface area contributed by atoms with Gasteiger partial charge in [-0.1, -0.05) is 0 Å². The lowest BCUT2D eigenvalue weighted by Gasteiger charge is -2.25. The number of likely N-dealkylation sites (N-methyl/N-ethyl adjacent to an activating group) is 1. The van der Waals surface area contributed by atoms with Crippen molar-refractivity contribution in [3.05, 3.63) is 0 Å². The van der Waals surface area contributed by atoms with E-state index in [1.807, 2.05) is 0 Å². The first-order valence-corrected chi connectivity index (χ1v) is 3.95. The average Bonchev–Trinajstić information content (AvgIpc) is 2.26. The van der Waals surface area contributed by atoms with Crippen LogP contribution in [0.5, 0.6) is 0 Å². The molecule has 0 aromatic heterocycles. The summed E-state index contributed by atoms with van der Waals surface area (Å²) < 4.78 is 36.8. The Bertz CT molecular complexity index is 254. The van der Waals surface area contributed by atoms with Crippen LogP contribution in [0.3, 0.4) is 0 Å². The van der Waals surface area contributed by atoms with Gasteiger partial charge in [0.05, 0.1) is 6.04 Å². The van der Waals surface area contributed by atoms with Crippen LogP contribution in [-0.2, 0) is 4.79 Å². The topological polar surface area (TPSA) is 52.6 Å². The molecule has 0 saturated carbocycles. The smallest absolute Gasteiger partial charge is 0.363 e. The van der Waals surface area contributed by atoms with Crippen molar-refractivity contribution in [3.63, 3.8) is 0 Å². The predicted octanol–water partition coefficient (Wildman–Crippen LogP) is -0.313. The number of hydrogen-bond acceptors (Lipinski definition) is 3. The molecule has 1 amide bonds. The largest absolute Gasteiger partial charge is 0.436 e. The molecule has 0 radical (unpaired) electrons. The second-order valence-corrected chi connectivity index (χ2v) is 3.53. The number of hydrogen-bond donors (Lipinski definition) is 2. The Kier molecular flexibility index (Phi) is 2.49. The van der Waals surface area contributed by atoms with E-state index in [4.69, 9.17) is 5.11 Å². The summed E-state index contributed by atoms with van der Waals surface area (Å²) in [4.78, 5) is 12.4. The van der Waals surface area contributed by atoms with Gasteiger partial charge in [-0.3, -0.25) is 9.69 Å². The van der Waals surface area contributed by atoms with Crippen molar-refractivity contribution in [3.8, 4) is 0 Å². The van der Waals surface area contributed by atoms with E-state index in [1.54, 1.807) is 5.32 Å². The minimum atomic E-state index is -4.84. The van der Waals surface area contributed by atoms with Gasteiger partial charge in [-0.25, -0.2) is 0 Å². The van der Waals surface area contributed by atoms with Crippen molar-refractivity contribution < 1.29 is 23.1 Å². The van der Waals surface area contributed by atoms with Gasteiger partial charge in [0, 0.05) is 6.42 Å². The summed E-state index contributed by atoms with van der Waals surface area (Å²) in [6.07, 6.45) is -5.52. The Morgan fingerprint density at radius 2 is 2.07 bits per heavy atom. The maximum absolute atomic E-state index is 12.3. The van der Waals surface area contributed by atoms with Gasteiger partial charge < -0.3 is 10.4 Å². The minimum Gasteiger partial charge on any atom is -0.363 e. The van der Waals surface area contributed by atoms with Gasteiger partial charge in [0.15, 0.2) is 0 Å². The summed E-state index contributed by atoms with van der Waals surface area (Å²) in [7, 11) is 2.96. The summed E-state index contributed by atoms with van der Waals surface area (Å²) in [5, 5.41) is 10.7. The van der Waals surface area contributed by atoms with Crippen molar-refractivity contribution in [1.82, 2.24) is 10.2 Å². The number of aliphatic hydroxyl groups is 1. The quantitative estimate of drug-likeness (QED) is 0.626. The molecule has 0 bridgehead atoms. The van der Waals surface area contributed by atoms with E-state index in [1.165, 1.54) is 19.0 Å². The Morgan fingerprint density at radius 3 is 2.29 bits per heavy atom. The van der Waals surface area contributed by atoms with Crippen molar-refractivity contribution >= 4 is 5.91 Å². The standard InChI is InChI=1S/C7H11F3N2O2/c1-12(2)4-3-6(14,7(8,9)10)11-5(4)13/h4,14H,3H2,1-2H3,(H,11,13)/t4-,6-/m1/s1. The summed E-state index contributed by atoms with van der Waals surface area (Å²) in [5.74, 6) is -0.810. The molecule has 14 heavy (non-hydrogen) atoms. The Balaban J connectivity index is 2.86. The van der Waals surface area contributed by atoms with Crippen LogP contribution in [0.2, 0.25) is 0 Å². The summed E-state index contributed by atoms with van der Waals surface area (Å²) in [6, 6.07) is -0.943. The molecule has 4 nitrogen and oxygen atoms in total. The number of halogens is 3. The molecule has 0 spiro atoms. The van der Waals surface area contributed by atoms with E-state index < -0.39 is 30.3 Å². The van der Waals surface area contributed by atoms with Gasteiger partial charge in [0.25, 0.3) is 0 Å². The SMILES string of the molecule is CN(C)[C@@H]1C[C@@](O)(C(F)(F)F)NC1=O. The number of nitrogens with zero attached hydrogens (tertiary/aromatic N) is 1. The third kappa shape index (κ3) is 1.69. The lowest BCUT2D eigenvalue weighted by Crippen LogP contribution is -2.53. The minimum absolute atomic E-state index is 0.678. The maximum atomic E-state index is 12.3. The van der Waals surface area contributed by atoms with E-state index >= 15 is 0 Å². The fourth-order valence-corrected chi connectivity index (χ4v) is 1.31. The highest BCUT2D eigenvalue weighted by Gasteiger charge is 2.61. The van der Waals surface area contributed by atoms with Crippen molar-refractivity contribution in [2.24, 2.45) is 0 Å². The van der Waals surface area contributed by atoms with E-state index in [-0.39, 0.29) is 0 Å². The first kappa shape index (κ1) is 11.3. The fourth-order valence-electron chi connectivity index (χ4n) is 1.31. The third-order valence-corrected chi connectivity index (χ3v) is 2.21. The molecule has 7 heteroatoms. The lowest BCUT2D eigenvalue weighted by atomic mass is 10.1. The van der Waals surface area contributed by atoms with Crippen LogP contribution in [-0.4, -0.2) is 48.0 Å². The van der Waals surface area contributed by atoms with Crippen LogP contribution < -0.4 is 5.32 Å². The van der Waals surface area contributed by atoms with Gasteiger partial charge in [-0.2, -0.15) is 13.2 Å². The highest BCUT2D eigenvalue weighted by molar-refractivity contribution is 5.85. The monoisotopic (exact) mass is 212 g/mol. The van der Waals surface area contributed by atoms with Crippen molar-refractivity contribution in [2.45, 2.75) is 24.4 Å². The number of nitrogens with one attached hydrogen (secondary N) is 1. The number of amides is 1. The zero-order valence-corrected chi connectivity index (χ0v) is 7.72. The molecular weight excluding hydrogens is 201 g/mol. The van der Waals surface area contributed by atoms with Crippen LogP contribution >= 0.6 is 0 Å². The van der Waals surface area contributed by atoms with Gasteiger partial charge >= 0.3 is 6.18 Å². The molecule has 1 aliphatic rings. The molecule has 1 aliphatic heterocycles. The van der Waals surface area contributed by atoms with Gasteiger partial charge in [0.2, 0.25) is 11.6 Å². The third-order valence-electron chi connectivity index (χ3n) is 2.21. The molecule has 2 atom stereocenters. The zero-order valence-electron chi connectivity index (χ0n) is 7.72. The highest BCUT2D eigenvalue weighted by atomic mass is 19.4. The molecule has 82 valence electrons. The van der Waals surface area contributed by atoms with Gasteiger partial charge in [0.1, 0.15) is 0 Å². The predicted molar refractivity (Wildman–Crippen MR) is 41.2 cm³/mol. The summed E-state index contributed by atoms with van der Waals surface area (Å²) in [6.45, 7) is 0. The average molecular weight is 212 g/mol. The van der Waals surface area contributed by atoms with Crippen molar-refractivity contribution in [2.75, 3.05) is 14.1 Å². The molecule has 1 fully saturated rings. The molecule has 2 N–H and O–H groups in total. The zero-order chi connectivity index (χ0) is 11.1. The Labute approximate surface area is 78.7 Å². The number of carbonyl (C=O) groups excluding carboxylic acids is 1. The molecular formula is C7H11F3N2O2. The second-order valence-electron chi connectivity index (χ2n) is 3.53. The Hall–Kier alpha value is -0.820. The van der Waals surface area contributed by atoms with E-state index in [2.05, 4.69) is 0 Å². The molecule has 0 aromatic rings. The highest BCUT2D eigenvalue weighted by Crippen LogP contribution is 2.36.